The van der Waals surface area contributed by atoms with Crippen molar-refractivity contribution in [2.75, 3.05) is 13.2 Å². The van der Waals surface area contributed by atoms with Gasteiger partial charge in [-0.1, -0.05) is 48.2 Å². The zero-order chi connectivity index (χ0) is 14.2. The van der Waals surface area contributed by atoms with Gasteiger partial charge in [0, 0.05) is 16.4 Å². The van der Waals surface area contributed by atoms with Crippen molar-refractivity contribution in [3.05, 3.63) is 60.2 Å². The van der Waals surface area contributed by atoms with Crippen molar-refractivity contribution < 1.29 is 4.74 Å². The van der Waals surface area contributed by atoms with Crippen LogP contribution in [0.1, 0.15) is 18.4 Å². The van der Waals surface area contributed by atoms with Crippen LogP contribution in [-0.4, -0.2) is 13.2 Å². The highest BCUT2D eigenvalue weighted by Gasteiger charge is 2.15. The Balaban J connectivity index is 2.23. The van der Waals surface area contributed by atoms with E-state index in [-0.39, 0.29) is 5.92 Å². The first-order chi connectivity index (χ1) is 9.85. The monoisotopic (exact) mass is 283 g/mol. The molecular weight excluding hydrogens is 266 g/mol. The first-order valence-electron chi connectivity index (χ1n) is 6.64. The molecule has 0 saturated carbocycles. The maximum Gasteiger partial charge on any atom is 0.0957 e. The lowest BCUT2D eigenvalue weighted by Crippen LogP contribution is -2.07. The standard InChI is InChI=1S/C17H17NOS/c1-2-19-13-14(12-18)16-10-6-7-11-17(16)20-15-8-4-3-5-9-15/h3-11,14H,2,13H2,1H3/t14-/m0/s1. The van der Waals surface area contributed by atoms with Crippen LogP contribution in [0, 0.1) is 11.3 Å². The van der Waals surface area contributed by atoms with Crippen LogP contribution in [-0.2, 0) is 4.74 Å². The molecule has 102 valence electrons. The third-order valence-electron chi connectivity index (χ3n) is 2.91. The van der Waals surface area contributed by atoms with E-state index in [9.17, 15) is 5.26 Å². The molecule has 0 N–H and O–H groups in total. The summed E-state index contributed by atoms with van der Waals surface area (Å²) in [6.07, 6.45) is 0. The maximum absolute atomic E-state index is 9.36. The van der Waals surface area contributed by atoms with Gasteiger partial charge in [-0.3, -0.25) is 0 Å². The van der Waals surface area contributed by atoms with E-state index < -0.39 is 0 Å². The van der Waals surface area contributed by atoms with Crippen LogP contribution in [0.25, 0.3) is 0 Å². The lowest BCUT2D eigenvalue weighted by Gasteiger charge is -2.14. The summed E-state index contributed by atoms with van der Waals surface area (Å²) >= 11 is 1.68. The van der Waals surface area contributed by atoms with Crippen LogP contribution in [0.4, 0.5) is 0 Å². The minimum absolute atomic E-state index is 0.220. The zero-order valence-corrected chi connectivity index (χ0v) is 12.3. The highest BCUT2D eigenvalue weighted by molar-refractivity contribution is 7.99. The molecule has 3 heteroatoms. The van der Waals surface area contributed by atoms with Gasteiger partial charge in [-0.2, -0.15) is 5.26 Å². The van der Waals surface area contributed by atoms with Gasteiger partial charge in [-0.15, -0.1) is 0 Å². The molecule has 0 amide bonds. The van der Waals surface area contributed by atoms with Crippen LogP contribution in [0.3, 0.4) is 0 Å². The smallest absolute Gasteiger partial charge is 0.0957 e. The molecule has 0 aliphatic rings. The SMILES string of the molecule is CCOC[C@H](C#N)c1ccccc1Sc1ccccc1. The van der Waals surface area contributed by atoms with E-state index in [2.05, 4.69) is 24.3 Å². The normalized spacial score (nSPS) is 11.8. The molecule has 0 aliphatic carbocycles. The van der Waals surface area contributed by atoms with Crippen molar-refractivity contribution in [2.24, 2.45) is 0 Å². The summed E-state index contributed by atoms with van der Waals surface area (Å²) in [5.41, 5.74) is 1.04. The fourth-order valence-electron chi connectivity index (χ4n) is 1.91. The summed E-state index contributed by atoms with van der Waals surface area (Å²) in [5, 5.41) is 9.36. The van der Waals surface area contributed by atoms with Gasteiger partial charge in [-0.25, -0.2) is 0 Å². The second kappa shape index (κ2) is 7.74. The van der Waals surface area contributed by atoms with Crippen molar-refractivity contribution in [1.82, 2.24) is 0 Å². The predicted molar refractivity (Wildman–Crippen MR) is 81.9 cm³/mol. The van der Waals surface area contributed by atoms with E-state index in [4.69, 9.17) is 4.74 Å². The highest BCUT2D eigenvalue weighted by atomic mass is 32.2. The predicted octanol–water partition coefficient (Wildman–Crippen LogP) is 4.48. The minimum atomic E-state index is -0.220. The first-order valence-corrected chi connectivity index (χ1v) is 7.46. The van der Waals surface area contributed by atoms with E-state index in [0.717, 1.165) is 10.5 Å². The van der Waals surface area contributed by atoms with E-state index in [1.807, 2.05) is 43.3 Å². The molecule has 0 radical (unpaired) electrons. The average molecular weight is 283 g/mol. The van der Waals surface area contributed by atoms with Gasteiger partial charge in [0.2, 0.25) is 0 Å². The summed E-state index contributed by atoms with van der Waals surface area (Å²) in [7, 11) is 0. The fourth-order valence-corrected chi connectivity index (χ4v) is 2.93. The van der Waals surface area contributed by atoms with Crippen LogP contribution in [0.5, 0.6) is 0 Å². The zero-order valence-electron chi connectivity index (χ0n) is 11.5. The van der Waals surface area contributed by atoms with Gasteiger partial charge in [-0.05, 0) is 30.7 Å². The number of nitrogens with zero attached hydrogens (tertiary/aromatic N) is 1. The molecule has 2 aromatic carbocycles. The van der Waals surface area contributed by atoms with E-state index in [1.54, 1.807) is 11.8 Å². The molecule has 0 spiro atoms. The number of benzene rings is 2. The third kappa shape index (κ3) is 3.86. The second-order valence-corrected chi connectivity index (χ2v) is 5.41. The van der Waals surface area contributed by atoms with Crippen molar-refractivity contribution in [3.63, 3.8) is 0 Å². The Bertz CT molecular complexity index is 577. The van der Waals surface area contributed by atoms with E-state index in [0.29, 0.717) is 13.2 Å². The molecule has 0 saturated heterocycles. The molecular formula is C17H17NOS. The Labute approximate surface area is 124 Å². The van der Waals surface area contributed by atoms with Crippen molar-refractivity contribution in [3.8, 4) is 6.07 Å². The van der Waals surface area contributed by atoms with Crippen molar-refractivity contribution in [1.29, 1.82) is 5.26 Å². The molecule has 2 aromatic rings. The third-order valence-corrected chi connectivity index (χ3v) is 4.01. The molecule has 20 heavy (non-hydrogen) atoms. The van der Waals surface area contributed by atoms with Gasteiger partial charge in [0.05, 0.1) is 18.6 Å². The second-order valence-electron chi connectivity index (χ2n) is 4.29. The highest BCUT2D eigenvalue weighted by Crippen LogP contribution is 2.33. The quantitative estimate of drug-likeness (QED) is 0.783. The van der Waals surface area contributed by atoms with Crippen molar-refractivity contribution >= 4 is 11.8 Å². The Kier molecular flexibility index (Phi) is 5.67. The molecule has 0 fully saturated rings. The minimum Gasteiger partial charge on any atom is -0.380 e. The Hall–Kier alpha value is -1.76. The molecule has 0 bridgehead atoms. The number of ether oxygens (including phenoxy) is 1. The number of hydrogen-bond donors (Lipinski definition) is 0. The first kappa shape index (κ1) is 14.6. The topological polar surface area (TPSA) is 33.0 Å². The van der Waals surface area contributed by atoms with Crippen molar-refractivity contribution in [2.45, 2.75) is 22.6 Å². The Morgan fingerprint density at radius 1 is 1.10 bits per heavy atom. The lowest BCUT2D eigenvalue weighted by atomic mass is 10.0. The van der Waals surface area contributed by atoms with Gasteiger partial charge >= 0.3 is 0 Å². The molecule has 2 rings (SSSR count). The van der Waals surface area contributed by atoms with Crippen LogP contribution >= 0.6 is 11.8 Å². The lowest BCUT2D eigenvalue weighted by molar-refractivity contribution is 0.142. The molecule has 0 aromatic heterocycles. The number of nitriles is 1. The van der Waals surface area contributed by atoms with E-state index >= 15 is 0 Å². The Morgan fingerprint density at radius 2 is 1.80 bits per heavy atom. The van der Waals surface area contributed by atoms with Gasteiger partial charge in [0.25, 0.3) is 0 Å². The summed E-state index contributed by atoms with van der Waals surface area (Å²) in [4.78, 5) is 2.29. The summed E-state index contributed by atoms with van der Waals surface area (Å²) < 4.78 is 5.41. The van der Waals surface area contributed by atoms with E-state index in [1.165, 1.54) is 4.90 Å². The number of rotatable bonds is 6. The molecule has 0 aliphatic heterocycles. The molecule has 1 atom stereocenters. The largest absolute Gasteiger partial charge is 0.380 e. The maximum atomic E-state index is 9.36. The van der Waals surface area contributed by atoms with Crippen LogP contribution in [0.2, 0.25) is 0 Å². The summed E-state index contributed by atoms with van der Waals surface area (Å²) in [6, 6.07) is 20.6. The van der Waals surface area contributed by atoms with Gasteiger partial charge < -0.3 is 4.74 Å². The van der Waals surface area contributed by atoms with Gasteiger partial charge in [0.15, 0.2) is 0 Å². The number of hydrogen-bond acceptors (Lipinski definition) is 3. The van der Waals surface area contributed by atoms with Crippen LogP contribution < -0.4 is 0 Å². The van der Waals surface area contributed by atoms with Gasteiger partial charge in [0.1, 0.15) is 0 Å². The summed E-state index contributed by atoms with van der Waals surface area (Å²) in [5.74, 6) is -0.220. The molecule has 0 heterocycles. The fraction of sp³-hybridized carbons (Fsp3) is 0.235. The molecule has 2 nitrogen and oxygen atoms in total. The Morgan fingerprint density at radius 3 is 2.50 bits per heavy atom. The van der Waals surface area contributed by atoms with Crippen LogP contribution in [0.15, 0.2) is 64.4 Å². The average Bonchev–Trinajstić information content (AvgIpc) is 2.50. The summed E-state index contributed by atoms with van der Waals surface area (Å²) in [6.45, 7) is 3.02. The molecule has 0 unspecified atom stereocenters.